The van der Waals surface area contributed by atoms with Gasteiger partial charge in [0.05, 0.1) is 0 Å². The molecule has 1 fully saturated rings. The first-order valence-corrected chi connectivity index (χ1v) is 7.29. The SMILES string of the molecule is CC1CCC(NCc2cc(C(N)=O)ccc2F)C(C)C1. The molecule has 3 nitrogen and oxygen atoms in total. The van der Waals surface area contributed by atoms with Crippen LogP contribution in [0.15, 0.2) is 18.2 Å². The van der Waals surface area contributed by atoms with Crippen molar-refractivity contribution in [2.45, 2.75) is 45.7 Å². The zero-order chi connectivity index (χ0) is 14.7. The van der Waals surface area contributed by atoms with Gasteiger partial charge in [0.25, 0.3) is 0 Å². The lowest BCUT2D eigenvalue weighted by Crippen LogP contribution is -2.38. The van der Waals surface area contributed by atoms with Crippen LogP contribution in [0.25, 0.3) is 0 Å². The van der Waals surface area contributed by atoms with Crippen LogP contribution in [0.2, 0.25) is 0 Å². The third kappa shape index (κ3) is 3.57. The molecule has 3 unspecified atom stereocenters. The molecule has 3 atom stereocenters. The Kier molecular flexibility index (Phi) is 4.76. The van der Waals surface area contributed by atoms with Gasteiger partial charge in [-0.1, -0.05) is 13.8 Å². The standard InChI is InChI=1S/C16H23FN2O/c1-10-3-6-15(11(2)7-10)19-9-13-8-12(16(18)20)4-5-14(13)17/h4-5,8,10-11,15,19H,3,6-7,9H2,1-2H3,(H2,18,20). The van der Waals surface area contributed by atoms with Gasteiger partial charge in [-0.15, -0.1) is 0 Å². The minimum absolute atomic E-state index is 0.292. The molecule has 1 aliphatic rings. The summed E-state index contributed by atoms with van der Waals surface area (Å²) in [6, 6.07) is 4.69. The molecule has 0 saturated heterocycles. The Balaban J connectivity index is 2.00. The van der Waals surface area contributed by atoms with Crippen molar-refractivity contribution in [3.05, 3.63) is 35.1 Å². The molecule has 1 aliphatic carbocycles. The second-order valence-electron chi connectivity index (χ2n) is 6.05. The summed E-state index contributed by atoms with van der Waals surface area (Å²) in [5.41, 5.74) is 6.09. The molecule has 2 rings (SSSR count). The Morgan fingerprint density at radius 1 is 1.40 bits per heavy atom. The summed E-state index contributed by atoms with van der Waals surface area (Å²) >= 11 is 0. The summed E-state index contributed by atoms with van der Waals surface area (Å²) in [5, 5.41) is 3.42. The van der Waals surface area contributed by atoms with E-state index < -0.39 is 5.91 Å². The van der Waals surface area contributed by atoms with Crippen LogP contribution >= 0.6 is 0 Å². The topological polar surface area (TPSA) is 55.1 Å². The number of primary amides is 1. The van der Waals surface area contributed by atoms with Crippen molar-refractivity contribution in [1.82, 2.24) is 5.32 Å². The number of carbonyl (C=O) groups is 1. The van der Waals surface area contributed by atoms with Crippen molar-refractivity contribution in [2.24, 2.45) is 17.6 Å². The van der Waals surface area contributed by atoms with E-state index in [4.69, 9.17) is 5.73 Å². The summed E-state index contributed by atoms with van der Waals surface area (Å²) in [7, 11) is 0. The molecule has 110 valence electrons. The molecular weight excluding hydrogens is 255 g/mol. The molecule has 0 spiro atoms. The fourth-order valence-electron chi connectivity index (χ4n) is 3.07. The second-order valence-corrected chi connectivity index (χ2v) is 6.05. The molecule has 1 saturated carbocycles. The number of nitrogens with one attached hydrogen (secondary N) is 1. The highest BCUT2D eigenvalue weighted by Crippen LogP contribution is 2.28. The van der Waals surface area contributed by atoms with Gasteiger partial charge < -0.3 is 11.1 Å². The van der Waals surface area contributed by atoms with E-state index in [1.165, 1.54) is 25.0 Å². The largest absolute Gasteiger partial charge is 0.366 e. The molecule has 0 bridgehead atoms. The zero-order valence-electron chi connectivity index (χ0n) is 12.2. The van der Waals surface area contributed by atoms with Crippen molar-refractivity contribution in [2.75, 3.05) is 0 Å². The van der Waals surface area contributed by atoms with Crippen LogP contribution in [0.4, 0.5) is 4.39 Å². The number of amides is 1. The zero-order valence-corrected chi connectivity index (χ0v) is 12.2. The van der Waals surface area contributed by atoms with E-state index in [2.05, 4.69) is 19.2 Å². The molecule has 0 aromatic heterocycles. The third-order valence-electron chi connectivity index (χ3n) is 4.32. The number of nitrogens with two attached hydrogens (primary N) is 1. The van der Waals surface area contributed by atoms with E-state index in [1.54, 1.807) is 6.07 Å². The monoisotopic (exact) mass is 278 g/mol. The normalized spacial score (nSPS) is 26.4. The average Bonchev–Trinajstić information content (AvgIpc) is 2.39. The number of benzene rings is 1. The summed E-state index contributed by atoms with van der Waals surface area (Å²) in [6.07, 6.45) is 3.55. The summed E-state index contributed by atoms with van der Waals surface area (Å²) in [6.45, 7) is 4.96. The van der Waals surface area contributed by atoms with Crippen LogP contribution in [-0.2, 0) is 6.54 Å². The van der Waals surface area contributed by atoms with E-state index in [9.17, 15) is 9.18 Å². The Hall–Kier alpha value is -1.42. The van der Waals surface area contributed by atoms with Crippen LogP contribution in [0, 0.1) is 17.7 Å². The molecule has 1 amide bonds. The van der Waals surface area contributed by atoms with Gasteiger partial charge in [-0.3, -0.25) is 4.79 Å². The van der Waals surface area contributed by atoms with E-state index in [1.807, 2.05) is 0 Å². The Morgan fingerprint density at radius 2 is 2.15 bits per heavy atom. The average molecular weight is 278 g/mol. The van der Waals surface area contributed by atoms with E-state index in [-0.39, 0.29) is 5.82 Å². The summed E-state index contributed by atoms with van der Waals surface area (Å²) < 4.78 is 13.8. The van der Waals surface area contributed by atoms with Gasteiger partial charge in [0.1, 0.15) is 5.82 Å². The van der Waals surface area contributed by atoms with Crippen molar-refractivity contribution < 1.29 is 9.18 Å². The summed E-state index contributed by atoms with van der Waals surface area (Å²) in [5.74, 6) is 0.560. The Labute approximate surface area is 119 Å². The van der Waals surface area contributed by atoms with Crippen LogP contribution < -0.4 is 11.1 Å². The highest BCUT2D eigenvalue weighted by atomic mass is 19.1. The van der Waals surface area contributed by atoms with Gasteiger partial charge >= 0.3 is 0 Å². The minimum Gasteiger partial charge on any atom is -0.366 e. The fraction of sp³-hybridized carbons (Fsp3) is 0.562. The van der Waals surface area contributed by atoms with Crippen molar-refractivity contribution >= 4 is 5.91 Å². The maximum atomic E-state index is 13.8. The molecule has 1 aromatic rings. The van der Waals surface area contributed by atoms with Crippen LogP contribution in [0.3, 0.4) is 0 Å². The first-order chi connectivity index (χ1) is 9.47. The molecular formula is C16H23FN2O. The van der Waals surface area contributed by atoms with E-state index in [0.29, 0.717) is 29.6 Å². The second kappa shape index (κ2) is 6.35. The van der Waals surface area contributed by atoms with Crippen LogP contribution in [-0.4, -0.2) is 11.9 Å². The quantitative estimate of drug-likeness (QED) is 0.889. The molecule has 0 radical (unpaired) electrons. The van der Waals surface area contributed by atoms with E-state index in [0.717, 1.165) is 12.3 Å². The minimum atomic E-state index is -0.522. The number of hydrogen-bond donors (Lipinski definition) is 2. The van der Waals surface area contributed by atoms with Crippen LogP contribution in [0.1, 0.15) is 49.0 Å². The van der Waals surface area contributed by atoms with Crippen molar-refractivity contribution in [3.8, 4) is 0 Å². The molecule has 0 heterocycles. The summed E-state index contributed by atoms with van der Waals surface area (Å²) in [4.78, 5) is 11.1. The molecule has 4 heteroatoms. The number of halogens is 1. The molecule has 0 aliphatic heterocycles. The molecule has 3 N–H and O–H groups in total. The third-order valence-corrected chi connectivity index (χ3v) is 4.32. The van der Waals surface area contributed by atoms with Crippen molar-refractivity contribution in [1.29, 1.82) is 0 Å². The lowest BCUT2D eigenvalue weighted by Gasteiger charge is -2.33. The maximum Gasteiger partial charge on any atom is 0.248 e. The van der Waals surface area contributed by atoms with Crippen LogP contribution in [0.5, 0.6) is 0 Å². The van der Waals surface area contributed by atoms with Gasteiger partial charge in [-0.25, -0.2) is 4.39 Å². The number of carbonyl (C=O) groups excluding carboxylic acids is 1. The van der Waals surface area contributed by atoms with Gasteiger partial charge in [-0.2, -0.15) is 0 Å². The lowest BCUT2D eigenvalue weighted by molar-refractivity contribution is 0.1000. The van der Waals surface area contributed by atoms with Gasteiger partial charge in [0.15, 0.2) is 0 Å². The first kappa shape index (κ1) is 15.0. The lowest BCUT2D eigenvalue weighted by atomic mass is 9.80. The highest BCUT2D eigenvalue weighted by Gasteiger charge is 2.24. The maximum absolute atomic E-state index is 13.8. The predicted octanol–water partition coefficient (Wildman–Crippen LogP) is 2.84. The Bertz CT molecular complexity index is 489. The molecule has 20 heavy (non-hydrogen) atoms. The first-order valence-electron chi connectivity index (χ1n) is 7.29. The Morgan fingerprint density at radius 3 is 2.80 bits per heavy atom. The fourth-order valence-corrected chi connectivity index (χ4v) is 3.07. The number of rotatable bonds is 4. The predicted molar refractivity (Wildman–Crippen MR) is 77.7 cm³/mol. The molecule has 1 aromatic carbocycles. The number of hydrogen-bond acceptors (Lipinski definition) is 2. The smallest absolute Gasteiger partial charge is 0.248 e. The van der Waals surface area contributed by atoms with Gasteiger partial charge in [0, 0.05) is 23.7 Å². The highest BCUT2D eigenvalue weighted by molar-refractivity contribution is 5.92. The van der Waals surface area contributed by atoms with Crippen molar-refractivity contribution in [3.63, 3.8) is 0 Å². The van der Waals surface area contributed by atoms with Gasteiger partial charge in [-0.05, 0) is 49.3 Å². The van der Waals surface area contributed by atoms with E-state index >= 15 is 0 Å². The van der Waals surface area contributed by atoms with Gasteiger partial charge in [0.2, 0.25) is 5.91 Å².